The van der Waals surface area contributed by atoms with Gasteiger partial charge in [-0.05, 0) is 60.0 Å². The maximum Gasteiger partial charge on any atom is 0.294 e. The van der Waals surface area contributed by atoms with Crippen molar-refractivity contribution < 1.29 is 17.6 Å². The molecule has 0 unspecified atom stereocenters. The minimum atomic E-state index is -3.90. The van der Waals surface area contributed by atoms with Crippen LogP contribution < -0.4 is 4.90 Å². The van der Waals surface area contributed by atoms with Gasteiger partial charge in [0.1, 0.15) is 0 Å². The molecule has 2 heterocycles. The molecule has 2 aromatic carbocycles. The summed E-state index contributed by atoms with van der Waals surface area (Å²) in [7, 11) is -3.90. The molecular formula is C22H16ClNO4S2. The molecule has 152 valence electrons. The van der Waals surface area contributed by atoms with E-state index in [4.69, 9.17) is 16.0 Å². The Morgan fingerprint density at radius 3 is 2.33 bits per heavy atom. The number of hydrogen-bond acceptors (Lipinski definition) is 5. The summed E-state index contributed by atoms with van der Waals surface area (Å²) in [5, 5.41) is 2.07. The van der Waals surface area contributed by atoms with Gasteiger partial charge in [0.15, 0.2) is 5.76 Å². The first-order chi connectivity index (χ1) is 14.4. The van der Waals surface area contributed by atoms with E-state index in [1.165, 1.54) is 47.7 Å². The Balaban J connectivity index is 1.66. The van der Waals surface area contributed by atoms with E-state index < -0.39 is 15.7 Å². The number of sulfone groups is 1. The van der Waals surface area contributed by atoms with Crippen LogP contribution in [-0.4, -0.2) is 14.3 Å². The highest BCUT2D eigenvalue weighted by atomic mass is 35.5. The second kappa shape index (κ2) is 8.47. The first kappa shape index (κ1) is 20.4. The Kier molecular flexibility index (Phi) is 5.76. The monoisotopic (exact) mass is 457 g/mol. The maximum absolute atomic E-state index is 13.2. The molecule has 0 atom stereocenters. The molecular weight excluding hydrogens is 442 g/mol. The topological polar surface area (TPSA) is 67.6 Å². The number of furan rings is 1. The van der Waals surface area contributed by atoms with Gasteiger partial charge in [-0.15, -0.1) is 11.3 Å². The zero-order valence-corrected chi connectivity index (χ0v) is 18.0. The Hall–Kier alpha value is -2.87. The number of hydrogen-bond donors (Lipinski definition) is 0. The molecule has 0 aliphatic heterocycles. The molecule has 30 heavy (non-hydrogen) atoms. The van der Waals surface area contributed by atoms with Crippen LogP contribution in [0, 0.1) is 0 Å². The van der Waals surface area contributed by atoms with Gasteiger partial charge in [0.25, 0.3) is 5.91 Å². The van der Waals surface area contributed by atoms with Gasteiger partial charge in [-0.3, -0.25) is 4.79 Å². The van der Waals surface area contributed by atoms with Crippen LogP contribution in [0.15, 0.2) is 98.6 Å². The van der Waals surface area contributed by atoms with Crippen molar-refractivity contribution in [3.63, 3.8) is 0 Å². The quantitative estimate of drug-likeness (QED) is 0.374. The van der Waals surface area contributed by atoms with Gasteiger partial charge >= 0.3 is 0 Å². The lowest BCUT2D eigenvalue weighted by atomic mass is 10.2. The third-order valence-electron chi connectivity index (χ3n) is 4.39. The molecule has 0 fully saturated rings. The summed E-state index contributed by atoms with van der Waals surface area (Å²) in [6, 6.07) is 21.5. The summed E-state index contributed by atoms with van der Waals surface area (Å²) in [5.41, 5.74) is 0.689. The number of benzene rings is 2. The summed E-state index contributed by atoms with van der Waals surface area (Å²) < 4.78 is 31.1. The minimum absolute atomic E-state index is 0.0405. The van der Waals surface area contributed by atoms with E-state index in [0.29, 0.717) is 17.3 Å². The average Bonchev–Trinajstić information content (AvgIpc) is 3.45. The zero-order valence-electron chi connectivity index (χ0n) is 15.6. The van der Waals surface area contributed by atoms with Gasteiger partial charge in [-0.2, -0.15) is 0 Å². The molecule has 0 radical (unpaired) electrons. The van der Waals surface area contributed by atoms with Gasteiger partial charge in [-0.1, -0.05) is 35.9 Å². The molecule has 1 amide bonds. The molecule has 0 aliphatic carbocycles. The smallest absolute Gasteiger partial charge is 0.294 e. The molecule has 0 saturated heterocycles. The number of thiophene rings is 1. The van der Waals surface area contributed by atoms with Crippen molar-refractivity contribution in [1.29, 1.82) is 0 Å². The SMILES string of the molecule is O=C(c1ccc(S(=O)(=O)c2ccc(Cl)cc2)o1)N(Cc1cccs1)c1ccccc1. The summed E-state index contributed by atoms with van der Waals surface area (Å²) in [6.07, 6.45) is 0. The lowest BCUT2D eigenvalue weighted by Crippen LogP contribution is -2.29. The number of carbonyl (C=O) groups excluding carboxylic acids is 1. The van der Waals surface area contributed by atoms with Crippen LogP contribution in [0.25, 0.3) is 0 Å². The highest BCUT2D eigenvalue weighted by Gasteiger charge is 2.26. The number of rotatable bonds is 6. The number of para-hydroxylation sites is 1. The molecule has 0 saturated carbocycles. The van der Waals surface area contributed by atoms with Crippen LogP contribution in [0.1, 0.15) is 15.4 Å². The fraction of sp³-hybridized carbons (Fsp3) is 0.0455. The van der Waals surface area contributed by atoms with Crippen LogP contribution >= 0.6 is 22.9 Å². The first-order valence-electron chi connectivity index (χ1n) is 8.95. The lowest BCUT2D eigenvalue weighted by Gasteiger charge is -2.21. The number of halogens is 1. The fourth-order valence-corrected chi connectivity index (χ4v) is 4.88. The molecule has 0 bridgehead atoms. The molecule has 4 rings (SSSR count). The lowest BCUT2D eigenvalue weighted by molar-refractivity contribution is 0.0953. The molecule has 4 aromatic rings. The zero-order chi connectivity index (χ0) is 21.1. The second-order valence-corrected chi connectivity index (χ2v) is 9.73. The van der Waals surface area contributed by atoms with Crippen molar-refractivity contribution in [1.82, 2.24) is 0 Å². The van der Waals surface area contributed by atoms with E-state index in [0.717, 1.165) is 4.88 Å². The van der Waals surface area contributed by atoms with Crippen LogP contribution in [-0.2, 0) is 16.4 Å². The number of anilines is 1. The van der Waals surface area contributed by atoms with Gasteiger partial charge in [0, 0.05) is 15.6 Å². The molecule has 5 nitrogen and oxygen atoms in total. The molecule has 0 aliphatic rings. The van der Waals surface area contributed by atoms with Gasteiger partial charge in [0.2, 0.25) is 14.9 Å². The van der Waals surface area contributed by atoms with Crippen LogP contribution in [0.2, 0.25) is 5.02 Å². The third kappa shape index (κ3) is 4.18. The van der Waals surface area contributed by atoms with Crippen LogP contribution in [0.4, 0.5) is 5.69 Å². The molecule has 0 spiro atoms. The van der Waals surface area contributed by atoms with Gasteiger partial charge in [-0.25, -0.2) is 8.42 Å². The van der Waals surface area contributed by atoms with Crippen molar-refractivity contribution in [2.75, 3.05) is 4.90 Å². The van der Waals surface area contributed by atoms with Crippen molar-refractivity contribution in [2.45, 2.75) is 16.5 Å². The van der Waals surface area contributed by atoms with Crippen LogP contribution in [0.5, 0.6) is 0 Å². The number of amides is 1. The Morgan fingerprint density at radius 2 is 1.67 bits per heavy atom. The normalized spacial score (nSPS) is 11.4. The van der Waals surface area contributed by atoms with Gasteiger partial charge < -0.3 is 9.32 Å². The fourth-order valence-electron chi connectivity index (χ4n) is 2.89. The van der Waals surface area contributed by atoms with Crippen molar-refractivity contribution >= 4 is 44.4 Å². The van der Waals surface area contributed by atoms with Crippen molar-refractivity contribution in [3.05, 3.63) is 99.9 Å². The predicted octanol–water partition coefficient (Wildman–Crippen LogP) is 5.67. The van der Waals surface area contributed by atoms with Gasteiger partial charge in [0.05, 0.1) is 11.4 Å². The van der Waals surface area contributed by atoms with Crippen LogP contribution in [0.3, 0.4) is 0 Å². The second-order valence-electron chi connectivity index (χ2n) is 6.38. The summed E-state index contributed by atoms with van der Waals surface area (Å²) in [6.45, 7) is 0.348. The highest BCUT2D eigenvalue weighted by Crippen LogP contribution is 2.27. The standard InChI is InChI=1S/C22H16ClNO4S2/c23-16-8-10-19(11-9-16)30(26,27)21-13-12-20(28-21)22(25)24(15-18-7-4-14-29-18)17-5-2-1-3-6-17/h1-14H,15H2. The van der Waals surface area contributed by atoms with Crippen molar-refractivity contribution in [3.8, 4) is 0 Å². The van der Waals surface area contributed by atoms with E-state index in [2.05, 4.69) is 0 Å². The third-order valence-corrected chi connectivity index (χ3v) is 7.14. The summed E-state index contributed by atoms with van der Waals surface area (Å²) in [5.74, 6) is -0.477. The maximum atomic E-state index is 13.2. The molecule has 2 aromatic heterocycles. The first-order valence-corrected chi connectivity index (χ1v) is 11.7. The van der Waals surface area contributed by atoms with E-state index >= 15 is 0 Å². The van der Waals surface area contributed by atoms with E-state index in [-0.39, 0.29) is 15.7 Å². The summed E-state index contributed by atoms with van der Waals surface area (Å²) >= 11 is 7.37. The highest BCUT2D eigenvalue weighted by molar-refractivity contribution is 7.91. The molecule has 0 N–H and O–H groups in total. The van der Waals surface area contributed by atoms with E-state index in [1.54, 1.807) is 4.90 Å². The Labute approximate surface area is 183 Å². The number of carbonyl (C=O) groups is 1. The predicted molar refractivity (Wildman–Crippen MR) is 117 cm³/mol. The minimum Gasteiger partial charge on any atom is -0.439 e. The Bertz CT molecular complexity index is 1250. The summed E-state index contributed by atoms with van der Waals surface area (Å²) in [4.78, 5) is 15.8. The molecule has 8 heteroatoms. The van der Waals surface area contributed by atoms with E-state index in [1.807, 2.05) is 47.8 Å². The van der Waals surface area contributed by atoms with Crippen molar-refractivity contribution in [2.24, 2.45) is 0 Å². The van der Waals surface area contributed by atoms with E-state index in [9.17, 15) is 13.2 Å². The average molecular weight is 458 g/mol. The Morgan fingerprint density at radius 1 is 0.933 bits per heavy atom. The number of nitrogens with zero attached hydrogens (tertiary/aromatic N) is 1. The largest absolute Gasteiger partial charge is 0.439 e.